The molecule has 1 saturated carbocycles. The van der Waals surface area contributed by atoms with Crippen molar-refractivity contribution in [1.82, 2.24) is 15.1 Å². The molecule has 0 heterocycles. The van der Waals surface area contributed by atoms with E-state index in [0.29, 0.717) is 6.04 Å². The number of aliphatic carboxylic acids is 1. The van der Waals surface area contributed by atoms with Gasteiger partial charge in [-0.15, -0.1) is 0 Å². The molecule has 0 aromatic heterocycles. The number of nitrogens with one attached hydrogen (secondary N) is 1. The van der Waals surface area contributed by atoms with Crippen molar-refractivity contribution in [2.24, 2.45) is 5.92 Å². The van der Waals surface area contributed by atoms with Crippen LogP contribution in [-0.2, 0) is 4.79 Å². The van der Waals surface area contributed by atoms with Crippen LogP contribution in [0.1, 0.15) is 39.5 Å². The first-order chi connectivity index (χ1) is 9.87. The van der Waals surface area contributed by atoms with Crippen LogP contribution in [0.3, 0.4) is 0 Å². The van der Waals surface area contributed by atoms with Crippen molar-refractivity contribution in [3.8, 4) is 0 Å². The number of carbonyl (C=O) groups is 1. The average Bonchev–Trinajstić information content (AvgIpc) is 2.82. The Morgan fingerprint density at radius 2 is 2.14 bits per heavy atom. The minimum Gasteiger partial charge on any atom is -0.480 e. The topological polar surface area (TPSA) is 55.8 Å². The first-order valence-corrected chi connectivity index (χ1v) is 8.18. The molecule has 0 aliphatic heterocycles. The van der Waals surface area contributed by atoms with Gasteiger partial charge in [0, 0.05) is 12.6 Å². The maximum atomic E-state index is 11.7. The van der Waals surface area contributed by atoms with Crippen LogP contribution < -0.4 is 5.32 Å². The van der Waals surface area contributed by atoms with E-state index in [1.165, 1.54) is 0 Å². The summed E-state index contributed by atoms with van der Waals surface area (Å²) in [5, 5.41) is 12.7. The molecule has 1 aliphatic rings. The van der Waals surface area contributed by atoms with Gasteiger partial charge in [-0.1, -0.05) is 13.3 Å². The van der Waals surface area contributed by atoms with Crippen molar-refractivity contribution in [2.45, 2.75) is 51.1 Å². The molecule has 5 nitrogen and oxygen atoms in total. The van der Waals surface area contributed by atoms with Gasteiger partial charge in [-0.2, -0.15) is 0 Å². The summed E-state index contributed by atoms with van der Waals surface area (Å²) in [7, 11) is 5.98. The number of nitrogens with zero attached hydrogens (tertiary/aromatic N) is 2. The number of likely N-dealkylation sites (N-methyl/N-ethyl adjacent to an activating group) is 3. The van der Waals surface area contributed by atoms with Crippen molar-refractivity contribution >= 4 is 5.97 Å². The second-order valence-electron chi connectivity index (χ2n) is 6.64. The molecule has 2 N–H and O–H groups in total. The van der Waals surface area contributed by atoms with E-state index in [0.717, 1.165) is 45.3 Å². The highest BCUT2D eigenvalue weighted by atomic mass is 16.4. The summed E-state index contributed by atoms with van der Waals surface area (Å²) in [4.78, 5) is 16.3. The van der Waals surface area contributed by atoms with Gasteiger partial charge in [0.2, 0.25) is 0 Å². The predicted molar refractivity (Wildman–Crippen MR) is 86.6 cm³/mol. The van der Waals surface area contributed by atoms with Crippen LogP contribution in [0.5, 0.6) is 0 Å². The van der Waals surface area contributed by atoms with Gasteiger partial charge >= 0.3 is 5.97 Å². The molecule has 1 rings (SSSR count). The second-order valence-corrected chi connectivity index (χ2v) is 6.64. The SMILES string of the molecule is CCN(CCC1CCCC1(NC)C(=O)O)C(C)CN(C)C. The van der Waals surface area contributed by atoms with Gasteiger partial charge in [0.15, 0.2) is 0 Å². The molecule has 0 radical (unpaired) electrons. The lowest BCUT2D eigenvalue weighted by atomic mass is 9.84. The van der Waals surface area contributed by atoms with Crippen LogP contribution in [0.15, 0.2) is 0 Å². The van der Waals surface area contributed by atoms with E-state index >= 15 is 0 Å². The Kier molecular flexibility index (Phi) is 7.10. The third kappa shape index (κ3) is 4.41. The zero-order valence-corrected chi connectivity index (χ0v) is 14.4. The number of carboxylic acids is 1. The quantitative estimate of drug-likeness (QED) is 0.675. The second kappa shape index (κ2) is 8.11. The lowest BCUT2D eigenvalue weighted by Gasteiger charge is -2.35. The number of carboxylic acid groups (broad SMARTS) is 1. The summed E-state index contributed by atoms with van der Waals surface area (Å²) in [5.74, 6) is -0.447. The van der Waals surface area contributed by atoms with E-state index in [-0.39, 0.29) is 5.92 Å². The third-order valence-electron chi connectivity index (χ3n) is 5.07. The Hall–Kier alpha value is -0.650. The molecule has 3 atom stereocenters. The Morgan fingerprint density at radius 3 is 2.62 bits per heavy atom. The molecule has 1 aliphatic carbocycles. The van der Waals surface area contributed by atoms with E-state index in [1.807, 2.05) is 0 Å². The van der Waals surface area contributed by atoms with E-state index in [9.17, 15) is 9.90 Å². The van der Waals surface area contributed by atoms with Crippen LogP contribution in [-0.4, -0.2) is 73.2 Å². The van der Waals surface area contributed by atoms with Crippen molar-refractivity contribution < 1.29 is 9.90 Å². The molecular weight excluding hydrogens is 266 g/mol. The summed E-state index contributed by atoms with van der Waals surface area (Å²) in [6, 6.07) is 0.500. The Balaban J connectivity index is 2.61. The minimum atomic E-state index is -0.704. The largest absolute Gasteiger partial charge is 0.480 e. The molecule has 0 aromatic rings. The Morgan fingerprint density at radius 1 is 1.48 bits per heavy atom. The van der Waals surface area contributed by atoms with Gasteiger partial charge in [-0.25, -0.2) is 0 Å². The molecular formula is C16H33N3O2. The molecule has 3 unspecified atom stereocenters. The first kappa shape index (κ1) is 18.4. The zero-order valence-electron chi connectivity index (χ0n) is 14.4. The van der Waals surface area contributed by atoms with Crippen molar-refractivity contribution in [3.63, 3.8) is 0 Å². The third-order valence-corrected chi connectivity index (χ3v) is 5.07. The van der Waals surface area contributed by atoms with Gasteiger partial charge in [-0.05, 0) is 66.3 Å². The van der Waals surface area contributed by atoms with Crippen LogP contribution >= 0.6 is 0 Å². The summed E-state index contributed by atoms with van der Waals surface area (Å²) < 4.78 is 0. The van der Waals surface area contributed by atoms with E-state index in [2.05, 4.69) is 43.1 Å². The molecule has 0 aromatic carbocycles. The van der Waals surface area contributed by atoms with Gasteiger partial charge in [-0.3, -0.25) is 9.69 Å². The molecule has 124 valence electrons. The van der Waals surface area contributed by atoms with Crippen LogP contribution in [0, 0.1) is 5.92 Å². The van der Waals surface area contributed by atoms with Gasteiger partial charge in [0.25, 0.3) is 0 Å². The molecule has 0 spiro atoms. The fourth-order valence-electron chi connectivity index (χ4n) is 3.84. The van der Waals surface area contributed by atoms with Gasteiger partial charge in [0.05, 0.1) is 0 Å². The highest BCUT2D eigenvalue weighted by Gasteiger charge is 2.47. The zero-order chi connectivity index (χ0) is 16.0. The standard InChI is InChI=1S/C16H33N3O2/c1-6-19(13(2)12-18(4)5)11-9-14-8-7-10-16(14,17-3)15(20)21/h13-14,17H,6-12H2,1-5H3,(H,20,21). The molecule has 5 heteroatoms. The maximum Gasteiger partial charge on any atom is 0.324 e. The van der Waals surface area contributed by atoms with E-state index in [1.54, 1.807) is 7.05 Å². The fourth-order valence-corrected chi connectivity index (χ4v) is 3.84. The Labute approximate surface area is 129 Å². The molecule has 0 amide bonds. The maximum absolute atomic E-state index is 11.7. The first-order valence-electron chi connectivity index (χ1n) is 8.18. The number of hydrogen-bond acceptors (Lipinski definition) is 4. The summed E-state index contributed by atoms with van der Waals surface area (Å²) in [6.07, 6.45) is 3.74. The minimum absolute atomic E-state index is 0.237. The lowest BCUT2D eigenvalue weighted by Crippen LogP contribution is -2.54. The summed E-state index contributed by atoms with van der Waals surface area (Å²) in [5.41, 5.74) is -0.704. The average molecular weight is 299 g/mol. The molecule has 0 saturated heterocycles. The van der Waals surface area contributed by atoms with E-state index in [4.69, 9.17) is 0 Å². The van der Waals surface area contributed by atoms with Crippen LogP contribution in [0.25, 0.3) is 0 Å². The monoisotopic (exact) mass is 299 g/mol. The molecule has 0 bridgehead atoms. The highest BCUT2D eigenvalue weighted by molar-refractivity contribution is 5.79. The summed E-state index contributed by atoms with van der Waals surface area (Å²) in [6.45, 7) is 7.47. The van der Waals surface area contributed by atoms with Crippen molar-refractivity contribution in [3.05, 3.63) is 0 Å². The summed E-state index contributed by atoms with van der Waals surface area (Å²) >= 11 is 0. The molecule has 21 heavy (non-hydrogen) atoms. The van der Waals surface area contributed by atoms with Gasteiger partial charge in [0.1, 0.15) is 5.54 Å². The normalized spacial score (nSPS) is 27.5. The Bertz CT molecular complexity index is 335. The van der Waals surface area contributed by atoms with Gasteiger partial charge < -0.3 is 15.3 Å². The van der Waals surface area contributed by atoms with E-state index < -0.39 is 11.5 Å². The fraction of sp³-hybridized carbons (Fsp3) is 0.938. The number of hydrogen-bond donors (Lipinski definition) is 2. The van der Waals surface area contributed by atoms with Crippen LogP contribution in [0.2, 0.25) is 0 Å². The van der Waals surface area contributed by atoms with Crippen molar-refractivity contribution in [2.75, 3.05) is 40.8 Å². The number of rotatable bonds is 9. The van der Waals surface area contributed by atoms with Crippen LogP contribution in [0.4, 0.5) is 0 Å². The highest BCUT2D eigenvalue weighted by Crippen LogP contribution is 2.38. The van der Waals surface area contributed by atoms with Crippen molar-refractivity contribution in [1.29, 1.82) is 0 Å². The molecule has 1 fully saturated rings. The predicted octanol–water partition coefficient (Wildman–Crippen LogP) is 1.49. The lowest BCUT2D eigenvalue weighted by molar-refractivity contribution is -0.146. The smallest absolute Gasteiger partial charge is 0.324 e.